The maximum absolute atomic E-state index is 12.5. The summed E-state index contributed by atoms with van der Waals surface area (Å²) < 4.78 is 59.7. The van der Waals surface area contributed by atoms with Crippen molar-refractivity contribution >= 4 is 43.7 Å². The van der Waals surface area contributed by atoms with Crippen LogP contribution in [0.15, 0.2) is 41.0 Å². The summed E-state index contributed by atoms with van der Waals surface area (Å²) in [7, 11) is -2.17. The van der Waals surface area contributed by atoms with Gasteiger partial charge < -0.3 is 15.4 Å². The van der Waals surface area contributed by atoms with Crippen LogP contribution in [0.5, 0.6) is 5.75 Å². The van der Waals surface area contributed by atoms with Crippen LogP contribution in [0.3, 0.4) is 0 Å². The monoisotopic (exact) mass is 521 g/mol. The summed E-state index contributed by atoms with van der Waals surface area (Å²) in [4.78, 5) is 20.6. The molecule has 0 bridgehead atoms. The number of halogens is 3. The van der Waals surface area contributed by atoms with Crippen molar-refractivity contribution in [3.8, 4) is 5.75 Å². The molecule has 36 heavy (non-hydrogen) atoms. The Morgan fingerprint density at radius 3 is 2.64 bits per heavy atom. The number of alkyl halides is 3. The van der Waals surface area contributed by atoms with Gasteiger partial charge in [0, 0.05) is 16.9 Å². The zero-order valence-corrected chi connectivity index (χ0v) is 20.6. The molecule has 3 aromatic rings. The van der Waals surface area contributed by atoms with Crippen molar-refractivity contribution in [1.82, 2.24) is 15.3 Å². The van der Waals surface area contributed by atoms with Crippen LogP contribution in [0.4, 0.5) is 30.4 Å². The molecule has 0 atom stereocenters. The predicted molar refractivity (Wildman–Crippen MR) is 133 cm³/mol. The van der Waals surface area contributed by atoms with E-state index >= 15 is 0 Å². The highest BCUT2D eigenvalue weighted by molar-refractivity contribution is 7.95. The molecule has 2 aromatic carbocycles. The first-order valence-electron chi connectivity index (χ1n) is 11.4. The molecule has 2 heterocycles. The highest BCUT2D eigenvalue weighted by Crippen LogP contribution is 2.34. The van der Waals surface area contributed by atoms with E-state index in [2.05, 4.69) is 19.6 Å². The molecule has 4 rings (SSSR count). The molecular formula is C24H26F3N5O3S. The molecular weight excluding hydrogens is 495 g/mol. The number of hydrogen-bond donors (Lipinski definition) is 2. The lowest BCUT2D eigenvalue weighted by Crippen LogP contribution is -2.36. The van der Waals surface area contributed by atoms with Gasteiger partial charge in [-0.3, -0.25) is 4.79 Å². The van der Waals surface area contributed by atoms with Gasteiger partial charge in [-0.05, 0) is 55.2 Å². The van der Waals surface area contributed by atoms with E-state index in [1.54, 1.807) is 23.5 Å². The Hall–Kier alpha value is -3.41. The van der Waals surface area contributed by atoms with Crippen molar-refractivity contribution in [2.75, 3.05) is 30.0 Å². The SMILES string of the molecule is CCc1ccc(Nc2ncnc3cc(N=S4(=O)CCC4)cc(C)c23)c(OCC(=O)NCC(F)(F)F)c1. The van der Waals surface area contributed by atoms with Crippen LogP contribution in [0.25, 0.3) is 10.9 Å². The maximum atomic E-state index is 12.5. The van der Waals surface area contributed by atoms with Gasteiger partial charge in [-0.25, -0.2) is 14.2 Å². The molecule has 1 aliphatic rings. The second kappa shape index (κ2) is 10.3. The number of carbonyl (C=O) groups excluding carboxylic acids is 1. The van der Waals surface area contributed by atoms with Gasteiger partial charge in [0.1, 0.15) is 24.4 Å². The lowest BCUT2D eigenvalue weighted by Gasteiger charge is -2.18. The van der Waals surface area contributed by atoms with Crippen molar-refractivity contribution in [1.29, 1.82) is 0 Å². The van der Waals surface area contributed by atoms with Gasteiger partial charge in [-0.1, -0.05) is 13.0 Å². The van der Waals surface area contributed by atoms with Crippen molar-refractivity contribution in [2.45, 2.75) is 32.9 Å². The van der Waals surface area contributed by atoms with E-state index in [0.717, 1.165) is 22.9 Å². The minimum absolute atomic E-state index is 0.300. The van der Waals surface area contributed by atoms with E-state index in [1.807, 2.05) is 26.0 Å². The second-order valence-electron chi connectivity index (χ2n) is 8.49. The van der Waals surface area contributed by atoms with Gasteiger partial charge in [-0.15, -0.1) is 0 Å². The van der Waals surface area contributed by atoms with Crippen LogP contribution in [0.1, 0.15) is 24.5 Å². The van der Waals surface area contributed by atoms with Crippen LogP contribution >= 0.6 is 0 Å². The first-order valence-corrected chi connectivity index (χ1v) is 13.2. The topological polar surface area (TPSA) is 106 Å². The first kappa shape index (κ1) is 25.7. The zero-order valence-electron chi connectivity index (χ0n) is 19.8. The van der Waals surface area contributed by atoms with Crippen LogP contribution in [-0.2, 0) is 20.9 Å². The van der Waals surface area contributed by atoms with Crippen LogP contribution in [0.2, 0.25) is 0 Å². The maximum Gasteiger partial charge on any atom is 0.405 e. The van der Waals surface area contributed by atoms with Gasteiger partial charge >= 0.3 is 6.18 Å². The molecule has 0 aliphatic carbocycles. The summed E-state index contributed by atoms with van der Waals surface area (Å²) in [5.41, 5.74) is 3.46. The van der Waals surface area contributed by atoms with Crippen molar-refractivity contribution in [3.05, 3.63) is 47.8 Å². The third kappa shape index (κ3) is 6.23. The molecule has 8 nitrogen and oxygen atoms in total. The summed E-state index contributed by atoms with van der Waals surface area (Å²) in [6, 6.07) is 8.96. The third-order valence-electron chi connectivity index (χ3n) is 5.67. The fraction of sp³-hybridized carbons (Fsp3) is 0.375. The van der Waals surface area contributed by atoms with E-state index in [9.17, 15) is 22.2 Å². The van der Waals surface area contributed by atoms with E-state index < -0.39 is 35.0 Å². The Balaban J connectivity index is 1.60. The van der Waals surface area contributed by atoms with Gasteiger partial charge in [0.2, 0.25) is 0 Å². The molecule has 1 saturated heterocycles. The Morgan fingerprint density at radius 1 is 1.19 bits per heavy atom. The summed E-state index contributed by atoms with van der Waals surface area (Å²) in [5, 5.41) is 5.73. The number of anilines is 2. The van der Waals surface area contributed by atoms with Crippen LogP contribution < -0.4 is 15.4 Å². The number of fused-ring (bicyclic) bond motifs is 1. The predicted octanol–water partition coefficient (Wildman–Crippen LogP) is 4.80. The average Bonchev–Trinajstić information content (AvgIpc) is 2.80. The minimum atomic E-state index is -4.50. The number of nitrogens with zero attached hydrogens (tertiary/aromatic N) is 3. The summed E-state index contributed by atoms with van der Waals surface area (Å²) in [6.07, 6.45) is -1.50. The molecule has 1 amide bonds. The quantitative estimate of drug-likeness (QED) is 0.441. The number of ether oxygens (including phenoxy) is 1. The van der Waals surface area contributed by atoms with Crippen molar-refractivity contribution in [3.63, 3.8) is 0 Å². The summed E-state index contributed by atoms with van der Waals surface area (Å²) >= 11 is 0. The summed E-state index contributed by atoms with van der Waals surface area (Å²) in [6.45, 7) is 1.83. The minimum Gasteiger partial charge on any atom is -0.482 e. The number of amides is 1. The fourth-order valence-corrected chi connectivity index (χ4v) is 5.18. The smallest absolute Gasteiger partial charge is 0.405 e. The number of aryl methyl sites for hydroxylation is 2. The summed E-state index contributed by atoms with van der Waals surface area (Å²) in [5.74, 6) is 1.10. The lowest BCUT2D eigenvalue weighted by atomic mass is 10.1. The third-order valence-corrected chi connectivity index (χ3v) is 8.07. The molecule has 1 aromatic heterocycles. The van der Waals surface area contributed by atoms with Gasteiger partial charge in [-0.2, -0.15) is 17.5 Å². The molecule has 1 aliphatic heterocycles. The number of aromatic nitrogens is 2. The highest BCUT2D eigenvalue weighted by atomic mass is 32.2. The Bertz CT molecular complexity index is 1410. The number of hydrogen-bond acceptors (Lipinski definition) is 7. The normalized spacial score (nSPS) is 14.7. The molecule has 0 saturated carbocycles. The van der Waals surface area contributed by atoms with E-state index in [1.165, 1.54) is 6.33 Å². The zero-order chi connectivity index (χ0) is 25.9. The molecule has 0 radical (unpaired) electrons. The highest BCUT2D eigenvalue weighted by Gasteiger charge is 2.27. The molecule has 0 unspecified atom stereocenters. The lowest BCUT2D eigenvalue weighted by molar-refractivity contribution is -0.139. The Labute approximate surface area is 206 Å². The number of benzene rings is 2. The first-order chi connectivity index (χ1) is 17.0. The number of carbonyl (C=O) groups is 1. The largest absolute Gasteiger partial charge is 0.482 e. The van der Waals surface area contributed by atoms with E-state index in [0.29, 0.717) is 46.4 Å². The van der Waals surface area contributed by atoms with Gasteiger partial charge in [0.25, 0.3) is 5.91 Å². The average molecular weight is 522 g/mol. The fourth-order valence-electron chi connectivity index (χ4n) is 3.73. The molecule has 2 N–H and O–H groups in total. The Morgan fingerprint density at radius 2 is 1.97 bits per heavy atom. The molecule has 1 fully saturated rings. The second-order valence-corrected chi connectivity index (χ2v) is 11.0. The molecule has 0 spiro atoms. The van der Waals surface area contributed by atoms with E-state index in [4.69, 9.17) is 4.74 Å². The molecule has 192 valence electrons. The number of rotatable bonds is 8. The standard InChI is InChI=1S/C24H26F3N5O3S/c1-3-16-5-6-18(20(10-16)35-12-21(33)28-13-24(25,26)27)31-23-22-15(2)9-17(11-19(22)29-14-30-23)32-36(34)7-4-8-36/h5-6,9-11,14H,3-4,7-8,12-13H2,1-2H3,(H,28,33)(H,29,30,31). The van der Waals surface area contributed by atoms with Crippen LogP contribution in [-0.4, -0.2) is 50.9 Å². The number of nitrogens with one attached hydrogen (secondary N) is 2. The van der Waals surface area contributed by atoms with E-state index in [-0.39, 0.29) is 0 Å². The Kier molecular flexibility index (Phi) is 7.34. The van der Waals surface area contributed by atoms with Crippen molar-refractivity contribution < 1.29 is 26.9 Å². The van der Waals surface area contributed by atoms with Crippen molar-refractivity contribution in [2.24, 2.45) is 4.36 Å². The van der Waals surface area contributed by atoms with Gasteiger partial charge in [0.05, 0.1) is 26.6 Å². The molecule has 12 heteroatoms. The van der Waals surface area contributed by atoms with Gasteiger partial charge in [0.15, 0.2) is 6.61 Å². The van der Waals surface area contributed by atoms with Crippen LogP contribution in [0, 0.1) is 6.92 Å².